The molecule has 0 saturated heterocycles. The minimum absolute atomic E-state index is 0.0885. The molecule has 0 aliphatic rings. The highest BCUT2D eigenvalue weighted by molar-refractivity contribution is 6.33. The van der Waals surface area contributed by atoms with E-state index in [9.17, 15) is 4.79 Å². The molecule has 0 bridgehead atoms. The van der Waals surface area contributed by atoms with Crippen molar-refractivity contribution in [3.05, 3.63) is 29.3 Å². The third-order valence-corrected chi connectivity index (χ3v) is 1.86. The van der Waals surface area contributed by atoms with Crippen LogP contribution in [0, 0.1) is 0 Å². The SMILES string of the molecule is O=C(O)CCNc1ccccc1Cl. The highest BCUT2D eigenvalue weighted by Gasteiger charge is 1.99. The van der Waals surface area contributed by atoms with E-state index in [2.05, 4.69) is 5.32 Å². The van der Waals surface area contributed by atoms with Crippen molar-refractivity contribution < 1.29 is 9.90 Å². The van der Waals surface area contributed by atoms with Gasteiger partial charge < -0.3 is 10.4 Å². The number of rotatable bonds is 4. The average molecular weight is 200 g/mol. The lowest BCUT2D eigenvalue weighted by molar-refractivity contribution is -0.136. The first-order chi connectivity index (χ1) is 6.20. The van der Waals surface area contributed by atoms with Gasteiger partial charge in [0, 0.05) is 6.54 Å². The molecule has 0 unspecified atom stereocenters. The van der Waals surface area contributed by atoms with Crippen LogP contribution in [-0.2, 0) is 4.79 Å². The van der Waals surface area contributed by atoms with Crippen molar-refractivity contribution in [3.8, 4) is 0 Å². The van der Waals surface area contributed by atoms with Gasteiger partial charge in [-0.15, -0.1) is 0 Å². The van der Waals surface area contributed by atoms with Crippen LogP contribution in [0.15, 0.2) is 24.3 Å². The molecule has 0 spiro atoms. The van der Waals surface area contributed by atoms with Crippen LogP contribution in [0.25, 0.3) is 0 Å². The number of benzene rings is 1. The van der Waals surface area contributed by atoms with Crippen LogP contribution >= 0.6 is 11.6 Å². The van der Waals surface area contributed by atoms with Gasteiger partial charge in [0.2, 0.25) is 0 Å². The number of para-hydroxylation sites is 1. The molecular formula is C9H10ClNO2. The zero-order valence-electron chi connectivity index (χ0n) is 6.96. The maximum absolute atomic E-state index is 10.2. The molecule has 0 amide bonds. The molecule has 1 rings (SSSR count). The van der Waals surface area contributed by atoms with E-state index >= 15 is 0 Å². The van der Waals surface area contributed by atoms with Crippen LogP contribution in [0.3, 0.4) is 0 Å². The molecule has 0 radical (unpaired) electrons. The quantitative estimate of drug-likeness (QED) is 0.782. The number of aliphatic carboxylic acids is 1. The lowest BCUT2D eigenvalue weighted by Crippen LogP contribution is -2.07. The van der Waals surface area contributed by atoms with Crippen molar-refractivity contribution in [2.24, 2.45) is 0 Å². The van der Waals surface area contributed by atoms with Crippen LogP contribution in [0.2, 0.25) is 5.02 Å². The number of hydrogen-bond donors (Lipinski definition) is 2. The molecule has 70 valence electrons. The first-order valence-electron chi connectivity index (χ1n) is 3.90. The second-order valence-corrected chi connectivity index (χ2v) is 2.96. The van der Waals surface area contributed by atoms with E-state index in [4.69, 9.17) is 16.7 Å². The number of nitrogens with one attached hydrogen (secondary N) is 1. The summed E-state index contributed by atoms with van der Waals surface area (Å²) in [6, 6.07) is 7.23. The second kappa shape index (κ2) is 4.72. The Labute approximate surface area is 81.3 Å². The highest BCUT2D eigenvalue weighted by Crippen LogP contribution is 2.19. The van der Waals surface area contributed by atoms with Crippen LogP contribution in [-0.4, -0.2) is 17.6 Å². The number of anilines is 1. The average Bonchev–Trinajstić information content (AvgIpc) is 2.08. The van der Waals surface area contributed by atoms with Gasteiger partial charge in [0.05, 0.1) is 17.1 Å². The Kier molecular flexibility index (Phi) is 3.58. The summed E-state index contributed by atoms with van der Waals surface area (Å²) < 4.78 is 0. The maximum Gasteiger partial charge on any atom is 0.305 e. The second-order valence-electron chi connectivity index (χ2n) is 2.55. The molecule has 0 atom stereocenters. The molecular weight excluding hydrogens is 190 g/mol. The van der Waals surface area contributed by atoms with Crippen LogP contribution in [0.4, 0.5) is 5.69 Å². The number of carboxylic acids is 1. The summed E-state index contributed by atoms with van der Waals surface area (Å²) in [5.41, 5.74) is 0.769. The monoisotopic (exact) mass is 199 g/mol. The van der Waals surface area contributed by atoms with Crippen LogP contribution in [0.1, 0.15) is 6.42 Å². The lowest BCUT2D eigenvalue weighted by Gasteiger charge is -2.05. The van der Waals surface area contributed by atoms with Crippen molar-refractivity contribution in [1.29, 1.82) is 0 Å². The molecule has 1 aromatic rings. The summed E-state index contributed by atoms with van der Waals surface area (Å²) in [7, 11) is 0. The topological polar surface area (TPSA) is 49.3 Å². The zero-order chi connectivity index (χ0) is 9.68. The predicted molar refractivity (Wildman–Crippen MR) is 52.2 cm³/mol. The van der Waals surface area contributed by atoms with Gasteiger partial charge in [-0.25, -0.2) is 0 Å². The predicted octanol–water partition coefficient (Wildman–Crippen LogP) is 2.23. The Morgan fingerprint density at radius 3 is 2.77 bits per heavy atom. The van der Waals surface area contributed by atoms with Gasteiger partial charge in [-0.3, -0.25) is 4.79 Å². The summed E-state index contributed by atoms with van der Waals surface area (Å²) in [6.45, 7) is 0.388. The Morgan fingerprint density at radius 1 is 1.46 bits per heavy atom. The molecule has 0 aliphatic carbocycles. The Hall–Kier alpha value is -1.22. The highest BCUT2D eigenvalue weighted by atomic mass is 35.5. The number of carboxylic acid groups (broad SMARTS) is 1. The van der Waals surface area contributed by atoms with Gasteiger partial charge in [0.1, 0.15) is 0 Å². The third-order valence-electron chi connectivity index (χ3n) is 1.53. The van der Waals surface area contributed by atoms with Gasteiger partial charge in [-0.05, 0) is 12.1 Å². The minimum Gasteiger partial charge on any atom is -0.481 e. The van der Waals surface area contributed by atoms with Crippen molar-refractivity contribution in [1.82, 2.24) is 0 Å². The van der Waals surface area contributed by atoms with Crippen LogP contribution < -0.4 is 5.32 Å². The molecule has 0 saturated carbocycles. The lowest BCUT2D eigenvalue weighted by atomic mass is 10.3. The molecule has 1 aromatic carbocycles. The van der Waals surface area contributed by atoms with Gasteiger partial charge in [0.25, 0.3) is 0 Å². The zero-order valence-corrected chi connectivity index (χ0v) is 7.71. The van der Waals surface area contributed by atoms with Gasteiger partial charge in [-0.2, -0.15) is 0 Å². The van der Waals surface area contributed by atoms with Crippen molar-refractivity contribution in [2.45, 2.75) is 6.42 Å². The fourth-order valence-corrected chi connectivity index (χ4v) is 1.11. The van der Waals surface area contributed by atoms with Crippen molar-refractivity contribution >= 4 is 23.3 Å². The largest absolute Gasteiger partial charge is 0.481 e. The Morgan fingerprint density at radius 2 is 2.15 bits per heavy atom. The molecule has 0 fully saturated rings. The molecule has 0 aliphatic heterocycles. The third kappa shape index (κ3) is 3.34. The molecule has 3 nitrogen and oxygen atoms in total. The number of carbonyl (C=O) groups is 1. The van der Waals surface area contributed by atoms with E-state index in [0.29, 0.717) is 11.6 Å². The summed E-state index contributed by atoms with van der Waals surface area (Å²) in [5, 5.41) is 11.9. The summed E-state index contributed by atoms with van der Waals surface area (Å²) in [6.07, 6.45) is 0.0885. The molecule has 0 aromatic heterocycles. The molecule has 4 heteroatoms. The van der Waals surface area contributed by atoms with E-state index in [1.165, 1.54) is 0 Å². The van der Waals surface area contributed by atoms with Gasteiger partial charge in [-0.1, -0.05) is 23.7 Å². The fourth-order valence-electron chi connectivity index (χ4n) is 0.909. The van der Waals surface area contributed by atoms with Gasteiger partial charge in [0.15, 0.2) is 0 Å². The fraction of sp³-hybridized carbons (Fsp3) is 0.222. The minimum atomic E-state index is -0.820. The number of hydrogen-bond acceptors (Lipinski definition) is 2. The van der Waals surface area contributed by atoms with Gasteiger partial charge >= 0.3 is 5.97 Å². The Balaban J connectivity index is 2.45. The van der Waals surface area contributed by atoms with Crippen molar-refractivity contribution in [2.75, 3.05) is 11.9 Å². The van der Waals surface area contributed by atoms with Crippen LogP contribution in [0.5, 0.6) is 0 Å². The first-order valence-corrected chi connectivity index (χ1v) is 4.28. The van der Waals surface area contributed by atoms with E-state index in [0.717, 1.165) is 5.69 Å². The standard InChI is InChI=1S/C9H10ClNO2/c10-7-3-1-2-4-8(7)11-6-5-9(12)13/h1-4,11H,5-6H2,(H,12,13). The van der Waals surface area contributed by atoms with E-state index in [1.807, 2.05) is 18.2 Å². The molecule has 13 heavy (non-hydrogen) atoms. The summed E-state index contributed by atoms with van der Waals surface area (Å²) >= 11 is 5.83. The van der Waals surface area contributed by atoms with Crippen molar-refractivity contribution in [3.63, 3.8) is 0 Å². The summed E-state index contributed by atoms with van der Waals surface area (Å²) in [5.74, 6) is -0.820. The van der Waals surface area contributed by atoms with E-state index < -0.39 is 5.97 Å². The molecule has 2 N–H and O–H groups in total. The number of halogens is 1. The van der Waals surface area contributed by atoms with E-state index in [-0.39, 0.29) is 6.42 Å². The smallest absolute Gasteiger partial charge is 0.305 e. The maximum atomic E-state index is 10.2. The molecule has 0 heterocycles. The first kappa shape index (κ1) is 9.86. The normalized spacial score (nSPS) is 9.62. The van der Waals surface area contributed by atoms with E-state index in [1.54, 1.807) is 6.07 Å². The summed E-state index contributed by atoms with van der Waals surface area (Å²) in [4.78, 5) is 10.2. The Bertz CT molecular complexity index is 301.